The molecule has 0 atom stereocenters. The number of likely N-dealkylation sites (tertiary alicyclic amines) is 1. The van der Waals surface area contributed by atoms with E-state index in [-0.39, 0.29) is 11.4 Å². The van der Waals surface area contributed by atoms with Crippen LogP contribution < -0.4 is 5.73 Å². The summed E-state index contributed by atoms with van der Waals surface area (Å²) in [5.74, 6) is -0.00559. The van der Waals surface area contributed by atoms with Crippen LogP contribution in [0.5, 0.6) is 0 Å². The molecule has 3 heterocycles. The molecule has 0 saturated carbocycles. The van der Waals surface area contributed by atoms with Crippen molar-refractivity contribution in [2.24, 2.45) is 0 Å². The Morgan fingerprint density at radius 2 is 1.95 bits per heavy atom. The average Bonchev–Trinajstić information content (AvgIpc) is 2.51. The summed E-state index contributed by atoms with van der Waals surface area (Å²) in [6.45, 7) is 4.87. The van der Waals surface area contributed by atoms with E-state index in [0.29, 0.717) is 11.4 Å². The molecule has 2 aliphatic rings. The predicted molar refractivity (Wildman–Crippen MR) is 86.6 cm³/mol. The topological polar surface area (TPSA) is 65.7 Å². The number of carbonyl (C=O) groups excluding carboxylic acids is 1. The van der Waals surface area contributed by atoms with Crippen LogP contribution in [0.15, 0.2) is 18.3 Å². The van der Waals surface area contributed by atoms with Crippen LogP contribution in [0.2, 0.25) is 0 Å². The van der Waals surface area contributed by atoms with E-state index in [1.54, 1.807) is 18.3 Å². The fraction of sp³-hybridized carbons (Fsp3) is 0.625. The number of rotatable bonds is 1. The van der Waals surface area contributed by atoms with Gasteiger partial charge in [-0.15, -0.1) is 0 Å². The van der Waals surface area contributed by atoms with Gasteiger partial charge in [0.05, 0.1) is 0 Å². The number of pyridine rings is 1. The number of hydrogen-bond donors (Lipinski definition) is 1. The Morgan fingerprint density at radius 1 is 1.23 bits per heavy atom. The summed E-state index contributed by atoms with van der Waals surface area (Å²) < 4.78 is 0. The van der Waals surface area contributed by atoms with E-state index >= 15 is 0 Å². The summed E-state index contributed by atoms with van der Waals surface area (Å²) in [5, 5.41) is 0. The Bertz CT molecular complexity index is 553. The van der Waals surface area contributed by atoms with Gasteiger partial charge in [0.1, 0.15) is 5.69 Å². The van der Waals surface area contributed by atoms with Crippen molar-refractivity contribution in [2.45, 2.75) is 18.4 Å². The van der Waals surface area contributed by atoms with Crippen molar-refractivity contribution in [1.82, 2.24) is 19.7 Å². The van der Waals surface area contributed by atoms with Crippen LogP contribution in [-0.2, 0) is 0 Å². The minimum absolute atomic E-state index is 0.00559. The van der Waals surface area contributed by atoms with Crippen LogP contribution in [-0.4, -0.2) is 77.9 Å². The zero-order valence-corrected chi connectivity index (χ0v) is 13.5. The van der Waals surface area contributed by atoms with E-state index in [2.05, 4.69) is 28.9 Å². The van der Waals surface area contributed by atoms with Gasteiger partial charge in [-0.1, -0.05) is 0 Å². The van der Waals surface area contributed by atoms with Crippen molar-refractivity contribution in [3.63, 3.8) is 0 Å². The summed E-state index contributed by atoms with van der Waals surface area (Å²) >= 11 is 0. The standard InChI is InChI=1S/C16H25N5O/c1-19-9-10-20(2)16(12-19)4-7-21(8-5-16)15(22)14-11-13(17)3-6-18-14/h3,6,11H,4-5,7-10,12H2,1-2H3,(H2,17,18). The van der Waals surface area contributed by atoms with Gasteiger partial charge < -0.3 is 15.5 Å². The lowest BCUT2D eigenvalue weighted by atomic mass is 9.84. The Balaban J connectivity index is 1.67. The molecule has 0 radical (unpaired) electrons. The molecule has 0 bridgehead atoms. The molecule has 1 amide bonds. The SMILES string of the molecule is CN1CCN(C)C2(CCN(C(=O)c3cc(N)ccn3)CC2)C1. The number of hydrogen-bond acceptors (Lipinski definition) is 5. The Hall–Kier alpha value is -1.66. The average molecular weight is 303 g/mol. The zero-order chi connectivity index (χ0) is 15.7. The lowest BCUT2D eigenvalue weighted by molar-refractivity contribution is -0.0158. The molecule has 2 N–H and O–H groups in total. The third-order valence-electron chi connectivity index (χ3n) is 5.18. The molecule has 120 valence electrons. The Morgan fingerprint density at radius 3 is 2.64 bits per heavy atom. The van der Waals surface area contributed by atoms with E-state index in [9.17, 15) is 4.79 Å². The third kappa shape index (κ3) is 2.80. The lowest BCUT2D eigenvalue weighted by Crippen LogP contribution is -2.64. The van der Waals surface area contributed by atoms with Gasteiger partial charge in [0, 0.05) is 50.1 Å². The van der Waals surface area contributed by atoms with Crippen LogP contribution in [0.3, 0.4) is 0 Å². The first-order chi connectivity index (χ1) is 10.5. The number of aromatic nitrogens is 1. The normalized spacial score (nSPS) is 22.9. The monoisotopic (exact) mass is 303 g/mol. The number of piperazine rings is 1. The summed E-state index contributed by atoms with van der Waals surface area (Å²) in [6.07, 6.45) is 3.63. The van der Waals surface area contributed by atoms with Gasteiger partial charge in [0.15, 0.2) is 0 Å². The largest absolute Gasteiger partial charge is 0.399 e. The Labute approximate surface area is 131 Å². The van der Waals surface area contributed by atoms with Crippen molar-refractivity contribution in [1.29, 1.82) is 0 Å². The number of anilines is 1. The second-order valence-electron chi connectivity index (χ2n) is 6.65. The van der Waals surface area contributed by atoms with Crippen LogP contribution >= 0.6 is 0 Å². The summed E-state index contributed by atoms with van der Waals surface area (Å²) in [6, 6.07) is 3.36. The Kier molecular flexibility index (Phi) is 4.06. The third-order valence-corrected chi connectivity index (χ3v) is 5.18. The molecule has 1 spiro atoms. The number of nitrogen functional groups attached to an aromatic ring is 1. The highest BCUT2D eigenvalue weighted by molar-refractivity contribution is 5.93. The number of nitrogens with zero attached hydrogens (tertiary/aromatic N) is 4. The fourth-order valence-corrected chi connectivity index (χ4v) is 3.65. The maximum atomic E-state index is 12.6. The number of piperidine rings is 1. The second kappa shape index (κ2) is 5.85. The maximum absolute atomic E-state index is 12.6. The first-order valence-corrected chi connectivity index (χ1v) is 7.91. The first kappa shape index (κ1) is 15.2. The van der Waals surface area contributed by atoms with Gasteiger partial charge in [-0.2, -0.15) is 0 Å². The minimum atomic E-state index is -0.00559. The number of nitrogens with two attached hydrogens (primary N) is 1. The molecule has 2 fully saturated rings. The van der Waals surface area contributed by atoms with Crippen LogP contribution in [0, 0.1) is 0 Å². The van der Waals surface area contributed by atoms with Gasteiger partial charge in [-0.05, 0) is 39.1 Å². The molecule has 1 aromatic heterocycles. The molecule has 1 aromatic rings. The number of likely N-dealkylation sites (N-methyl/N-ethyl adjacent to an activating group) is 2. The molecule has 2 aliphatic heterocycles. The molecule has 3 rings (SSSR count). The van der Waals surface area contributed by atoms with Crippen molar-refractivity contribution in [3.8, 4) is 0 Å². The molecular weight excluding hydrogens is 278 g/mol. The van der Waals surface area contributed by atoms with Crippen LogP contribution in [0.1, 0.15) is 23.3 Å². The van der Waals surface area contributed by atoms with Gasteiger partial charge in [-0.3, -0.25) is 14.7 Å². The van der Waals surface area contributed by atoms with Gasteiger partial charge >= 0.3 is 0 Å². The molecule has 0 aromatic carbocycles. The lowest BCUT2D eigenvalue weighted by Gasteiger charge is -2.52. The number of carbonyl (C=O) groups is 1. The molecular formula is C16H25N5O. The van der Waals surface area contributed by atoms with Crippen LogP contribution in [0.25, 0.3) is 0 Å². The molecule has 2 saturated heterocycles. The highest BCUT2D eigenvalue weighted by Crippen LogP contribution is 2.31. The smallest absolute Gasteiger partial charge is 0.272 e. The molecule has 6 heteroatoms. The predicted octanol–water partition coefficient (Wildman–Crippen LogP) is 0.516. The molecule has 6 nitrogen and oxygen atoms in total. The minimum Gasteiger partial charge on any atom is -0.399 e. The van der Waals surface area contributed by atoms with E-state index in [1.807, 2.05) is 4.90 Å². The van der Waals surface area contributed by atoms with Crippen molar-refractivity contribution < 1.29 is 4.79 Å². The van der Waals surface area contributed by atoms with Crippen molar-refractivity contribution in [3.05, 3.63) is 24.0 Å². The van der Waals surface area contributed by atoms with E-state index in [0.717, 1.165) is 45.6 Å². The molecule has 0 aliphatic carbocycles. The van der Waals surface area contributed by atoms with Gasteiger partial charge in [0.25, 0.3) is 5.91 Å². The van der Waals surface area contributed by atoms with Gasteiger partial charge in [-0.25, -0.2) is 0 Å². The fourth-order valence-electron chi connectivity index (χ4n) is 3.65. The first-order valence-electron chi connectivity index (χ1n) is 7.91. The second-order valence-corrected chi connectivity index (χ2v) is 6.65. The summed E-state index contributed by atoms with van der Waals surface area (Å²) in [5.41, 5.74) is 7.00. The highest BCUT2D eigenvalue weighted by Gasteiger charge is 2.42. The van der Waals surface area contributed by atoms with Crippen molar-refractivity contribution in [2.75, 3.05) is 52.6 Å². The molecule has 0 unspecified atom stereocenters. The van der Waals surface area contributed by atoms with E-state index < -0.39 is 0 Å². The molecule has 22 heavy (non-hydrogen) atoms. The van der Waals surface area contributed by atoms with Crippen molar-refractivity contribution >= 4 is 11.6 Å². The zero-order valence-electron chi connectivity index (χ0n) is 13.5. The number of amides is 1. The quantitative estimate of drug-likeness (QED) is 0.819. The highest BCUT2D eigenvalue weighted by atomic mass is 16.2. The maximum Gasteiger partial charge on any atom is 0.272 e. The van der Waals surface area contributed by atoms with Gasteiger partial charge in [0.2, 0.25) is 0 Å². The summed E-state index contributed by atoms with van der Waals surface area (Å²) in [7, 11) is 4.40. The van der Waals surface area contributed by atoms with E-state index in [1.165, 1.54) is 0 Å². The summed E-state index contributed by atoms with van der Waals surface area (Å²) in [4.78, 5) is 23.5. The van der Waals surface area contributed by atoms with Crippen LogP contribution in [0.4, 0.5) is 5.69 Å². The van der Waals surface area contributed by atoms with E-state index in [4.69, 9.17) is 5.73 Å².